The summed E-state index contributed by atoms with van der Waals surface area (Å²) in [5, 5.41) is 3.32. The van der Waals surface area contributed by atoms with E-state index in [-0.39, 0.29) is 24.9 Å². The highest BCUT2D eigenvalue weighted by molar-refractivity contribution is 7.80. The van der Waals surface area contributed by atoms with E-state index in [1.165, 1.54) is 0 Å². The quantitative estimate of drug-likeness (QED) is 0.798. The molecule has 6 heteroatoms. The van der Waals surface area contributed by atoms with E-state index in [0.717, 1.165) is 23.2 Å². The molecule has 0 atom stereocenters. The Kier molecular flexibility index (Phi) is 5.63. The first-order chi connectivity index (χ1) is 12.6. The first kappa shape index (κ1) is 18.1. The van der Waals surface area contributed by atoms with Crippen molar-refractivity contribution in [2.24, 2.45) is 0 Å². The van der Waals surface area contributed by atoms with E-state index < -0.39 is 0 Å². The monoisotopic (exact) mass is 367 g/mol. The minimum atomic E-state index is -0.178. The Hall–Kier alpha value is -2.73. The highest BCUT2D eigenvalue weighted by Crippen LogP contribution is 2.17. The summed E-state index contributed by atoms with van der Waals surface area (Å²) in [4.78, 5) is 27.9. The van der Waals surface area contributed by atoms with Gasteiger partial charge in [-0.1, -0.05) is 55.5 Å². The lowest BCUT2D eigenvalue weighted by molar-refractivity contribution is -0.125. The van der Waals surface area contributed by atoms with Crippen molar-refractivity contribution in [2.45, 2.75) is 19.9 Å². The fourth-order valence-corrected chi connectivity index (χ4v) is 3.25. The number of carbonyl (C=O) groups excluding carboxylic acids is 2. The molecule has 0 aromatic heterocycles. The van der Waals surface area contributed by atoms with Crippen molar-refractivity contribution in [1.29, 1.82) is 0 Å². The largest absolute Gasteiger partial charge is 0.330 e. The van der Waals surface area contributed by atoms with E-state index in [2.05, 4.69) is 5.32 Å². The molecule has 5 nitrogen and oxygen atoms in total. The number of thiocarbonyl (C=S) groups is 1. The van der Waals surface area contributed by atoms with Crippen molar-refractivity contribution in [3.05, 3.63) is 65.7 Å². The SMILES string of the molecule is CCc1ccccc1NC(=O)CN1CC(=O)N(Cc2ccccc2)C1=S. The van der Waals surface area contributed by atoms with Crippen LogP contribution in [0, 0.1) is 0 Å². The maximum Gasteiger partial charge on any atom is 0.248 e. The van der Waals surface area contributed by atoms with Gasteiger partial charge in [0.05, 0.1) is 13.1 Å². The van der Waals surface area contributed by atoms with E-state index in [1.54, 1.807) is 9.80 Å². The zero-order valence-electron chi connectivity index (χ0n) is 14.6. The fraction of sp³-hybridized carbons (Fsp3) is 0.250. The molecule has 2 aromatic rings. The number of benzene rings is 2. The Morgan fingerprint density at radius 2 is 1.81 bits per heavy atom. The van der Waals surface area contributed by atoms with E-state index in [4.69, 9.17) is 12.2 Å². The molecule has 2 amide bonds. The Balaban J connectivity index is 1.62. The maximum atomic E-state index is 12.4. The highest BCUT2D eigenvalue weighted by Gasteiger charge is 2.33. The molecular formula is C20H21N3O2S. The summed E-state index contributed by atoms with van der Waals surface area (Å²) in [6.45, 7) is 2.67. The van der Waals surface area contributed by atoms with Crippen LogP contribution in [-0.2, 0) is 22.6 Å². The number of aryl methyl sites for hydroxylation is 1. The van der Waals surface area contributed by atoms with Gasteiger partial charge in [-0.15, -0.1) is 0 Å². The number of nitrogens with one attached hydrogen (secondary N) is 1. The molecule has 0 unspecified atom stereocenters. The van der Waals surface area contributed by atoms with Crippen LogP contribution in [0.2, 0.25) is 0 Å². The van der Waals surface area contributed by atoms with Crippen LogP contribution in [0.4, 0.5) is 5.69 Å². The number of para-hydroxylation sites is 1. The molecular weight excluding hydrogens is 346 g/mol. The van der Waals surface area contributed by atoms with Crippen molar-refractivity contribution in [2.75, 3.05) is 18.4 Å². The number of carbonyl (C=O) groups is 2. The summed E-state index contributed by atoms with van der Waals surface area (Å²) < 4.78 is 0. The van der Waals surface area contributed by atoms with Crippen LogP contribution in [0.5, 0.6) is 0 Å². The second kappa shape index (κ2) is 8.10. The van der Waals surface area contributed by atoms with Crippen LogP contribution in [0.1, 0.15) is 18.1 Å². The Labute approximate surface area is 158 Å². The van der Waals surface area contributed by atoms with Crippen LogP contribution in [0.25, 0.3) is 0 Å². The molecule has 0 radical (unpaired) electrons. The molecule has 0 saturated carbocycles. The van der Waals surface area contributed by atoms with Crippen molar-refractivity contribution in [3.8, 4) is 0 Å². The zero-order valence-corrected chi connectivity index (χ0v) is 15.5. The molecule has 0 aliphatic carbocycles. The molecule has 134 valence electrons. The first-order valence-corrected chi connectivity index (χ1v) is 9.00. The van der Waals surface area contributed by atoms with Crippen molar-refractivity contribution in [3.63, 3.8) is 0 Å². The molecule has 26 heavy (non-hydrogen) atoms. The van der Waals surface area contributed by atoms with Crippen LogP contribution in [-0.4, -0.2) is 39.8 Å². The van der Waals surface area contributed by atoms with E-state index in [1.807, 2.05) is 61.5 Å². The van der Waals surface area contributed by atoms with Crippen molar-refractivity contribution < 1.29 is 9.59 Å². The van der Waals surface area contributed by atoms with Crippen LogP contribution < -0.4 is 5.32 Å². The third kappa shape index (κ3) is 4.08. The molecule has 0 bridgehead atoms. The molecule has 3 rings (SSSR count). The fourth-order valence-electron chi connectivity index (χ4n) is 2.95. The van der Waals surface area contributed by atoms with Crippen LogP contribution in [0.15, 0.2) is 54.6 Å². The van der Waals surface area contributed by atoms with E-state index in [9.17, 15) is 9.59 Å². The number of nitrogens with zero attached hydrogens (tertiary/aromatic N) is 2. The van der Waals surface area contributed by atoms with Gasteiger partial charge in [0, 0.05) is 5.69 Å². The van der Waals surface area contributed by atoms with Crippen LogP contribution in [0.3, 0.4) is 0 Å². The van der Waals surface area contributed by atoms with Gasteiger partial charge in [0.15, 0.2) is 5.11 Å². The van der Waals surface area contributed by atoms with Gasteiger partial charge < -0.3 is 10.2 Å². The summed E-state index contributed by atoms with van der Waals surface area (Å²) in [7, 11) is 0. The lowest BCUT2D eigenvalue weighted by atomic mass is 10.1. The van der Waals surface area contributed by atoms with Gasteiger partial charge in [-0.2, -0.15) is 0 Å². The first-order valence-electron chi connectivity index (χ1n) is 8.59. The number of rotatable bonds is 6. The predicted molar refractivity (Wildman–Crippen MR) is 106 cm³/mol. The minimum Gasteiger partial charge on any atom is -0.330 e. The topological polar surface area (TPSA) is 52.7 Å². The van der Waals surface area contributed by atoms with Gasteiger partial charge in [-0.05, 0) is 35.8 Å². The average molecular weight is 367 g/mol. The standard InChI is InChI=1S/C20H21N3O2S/c1-2-16-10-6-7-11-17(16)21-18(24)13-22-14-19(25)23(20(22)26)12-15-8-4-3-5-9-15/h3-11H,2,12-14H2,1H3,(H,21,24). The summed E-state index contributed by atoms with van der Waals surface area (Å²) in [5.41, 5.74) is 2.88. The van der Waals surface area contributed by atoms with Gasteiger partial charge >= 0.3 is 0 Å². The zero-order chi connectivity index (χ0) is 18.5. The molecule has 1 aliphatic heterocycles. The Morgan fingerprint density at radius 3 is 2.54 bits per heavy atom. The van der Waals surface area contributed by atoms with Crippen LogP contribution >= 0.6 is 12.2 Å². The second-order valence-electron chi connectivity index (χ2n) is 6.16. The lowest BCUT2D eigenvalue weighted by Gasteiger charge is -2.20. The molecule has 1 N–H and O–H groups in total. The predicted octanol–water partition coefficient (Wildman–Crippen LogP) is 2.82. The molecule has 1 heterocycles. The number of hydrogen-bond acceptors (Lipinski definition) is 3. The lowest BCUT2D eigenvalue weighted by Crippen LogP contribution is -2.37. The molecule has 1 aliphatic rings. The highest BCUT2D eigenvalue weighted by atomic mass is 32.1. The maximum absolute atomic E-state index is 12.4. The van der Waals surface area contributed by atoms with Crippen molar-refractivity contribution >= 4 is 34.8 Å². The van der Waals surface area contributed by atoms with Gasteiger partial charge in [-0.3, -0.25) is 14.5 Å². The second-order valence-corrected chi connectivity index (χ2v) is 6.53. The van der Waals surface area contributed by atoms with E-state index in [0.29, 0.717) is 11.7 Å². The van der Waals surface area contributed by atoms with Gasteiger partial charge in [0.2, 0.25) is 11.8 Å². The number of amides is 2. The number of hydrogen-bond donors (Lipinski definition) is 1. The summed E-state index contributed by atoms with van der Waals surface area (Å²) in [6.07, 6.45) is 0.835. The average Bonchev–Trinajstić information content (AvgIpc) is 2.90. The third-order valence-corrected chi connectivity index (χ3v) is 4.80. The summed E-state index contributed by atoms with van der Waals surface area (Å²) in [5.74, 6) is -0.261. The minimum absolute atomic E-state index is 0.0634. The van der Waals surface area contributed by atoms with E-state index >= 15 is 0 Å². The Bertz CT molecular complexity index is 823. The molecule has 2 aromatic carbocycles. The normalized spacial score (nSPS) is 14.0. The molecule has 1 saturated heterocycles. The van der Waals surface area contributed by atoms with Gasteiger partial charge in [0.1, 0.15) is 6.54 Å². The molecule has 1 fully saturated rings. The summed E-state index contributed by atoms with van der Waals surface area (Å²) in [6, 6.07) is 17.4. The Morgan fingerprint density at radius 1 is 1.12 bits per heavy atom. The number of anilines is 1. The van der Waals surface area contributed by atoms with Crippen molar-refractivity contribution in [1.82, 2.24) is 9.80 Å². The summed E-state index contributed by atoms with van der Waals surface area (Å²) >= 11 is 5.42. The van der Waals surface area contributed by atoms with Gasteiger partial charge in [0.25, 0.3) is 0 Å². The third-order valence-electron chi connectivity index (χ3n) is 4.32. The van der Waals surface area contributed by atoms with Gasteiger partial charge in [-0.25, -0.2) is 0 Å². The molecule has 0 spiro atoms. The smallest absolute Gasteiger partial charge is 0.248 e.